The molecule has 0 saturated carbocycles. The van der Waals surface area contributed by atoms with E-state index in [1.807, 2.05) is 0 Å². The summed E-state index contributed by atoms with van der Waals surface area (Å²) in [6.45, 7) is 2.30. The molecule has 2 bridgehead atoms. The van der Waals surface area contributed by atoms with Crippen molar-refractivity contribution in [2.75, 3.05) is 12.0 Å². The first kappa shape index (κ1) is 20.5. The Labute approximate surface area is 180 Å². The second-order valence-electron chi connectivity index (χ2n) is 7.18. The molecule has 3 aliphatic rings. The highest BCUT2D eigenvalue weighted by atomic mass is 79.9. The van der Waals surface area contributed by atoms with Crippen molar-refractivity contribution in [2.24, 2.45) is 11.8 Å². The molecule has 0 spiro atoms. The zero-order valence-electron chi connectivity index (χ0n) is 16.3. The van der Waals surface area contributed by atoms with Crippen LogP contribution in [0, 0.1) is 11.8 Å². The molecule has 30 heavy (non-hydrogen) atoms. The molecule has 0 aliphatic carbocycles. The SMILES string of the molecule is COc1ccc(Br)cc1N1C(=O)[C@H]2[C@@H](C1=O)[C@@]1(C(OC(C)=O)OC(C)=O)C=C[C@H]2O1. The Bertz CT molecular complexity index is 975. The second kappa shape index (κ2) is 7.21. The van der Waals surface area contributed by atoms with Gasteiger partial charge in [0.25, 0.3) is 6.29 Å². The Morgan fingerprint density at radius 3 is 2.43 bits per heavy atom. The number of fused-ring (bicyclic) bond motifs is 5. The summed E-state index contributed by atoms with van der Waals surface area (Å²) < 4.78 is 22.3. The number of anilines is 1. The van der Waals surface area contributed by atoms with E-state index in [0.29, 0.717) is 10.2 Å². The second-order valence-corrected chi connectivity index (χ2v) is 8.09. The number of halogens is 1. The molecule has 10 heteroatoms. The van der Waals surface area contributed by atoms with Crippen molar-refractivity contribution in [3.63, 3.8) is 0 Å². The number of nitrogens with zero attached hydrogens (tertiary/aromatic N) is 1. The summed E-state index contributed by atoms with van der Waals surface area (Å²) in [4.78, 5) is 51.1. The van der Waals surface area contributed by atoms with Crippen molar-refractivity contribution in [3.8, 4) is 5.75 Å². The van der Waals surface area contributed by atoms with Gasteiger partial charge >= 0.3 is 11.9 Å². The molecule has 3 heterocycles. The van der Waals surface area contributed by atoms with E-state index in [0.717, 1.165) is 18.7 Å². The van der Waals surface area contributed by atoms with Crippen LogP contribution >= 0.6 is 15.9 Å². The molecule has 0 radical (unpaired) electrons. The van der Waals surface area contributed by atoms with Gasteiger partial charge in [-0.3, -0.25) is 19.2 Å². The van der Waals surface area contributed by atoms with E-state index in [9.17, 15) is 19.2 Å². The van der Waals surface area contributed by atoms with Crippen molar-refractivity contribution in [3.05, 3.63) is 34.8 Å². The zero-order valence-corrected chi connectivity index (χ0v) is 17.9. The lowest BCUT2D eigenvalue weighted by Gasteiger charge is -2.34. The molecule has 1 aromatic rings. The molecule has 2 saturated heterocycles. The van der Waals surface area contributed by atoms with Crippen LogP contribution in [0.2, 0.25) is 0 Å². The Morgan fingerprint density at radius 1 is 1.17 bits per heavy atom. The molecule has 9 nitrogen and oxygen atoms in total. The molecule has 0 aromatic heterocycles. The van der Waals surface area contributed by atoms with Gasteiger partial charge in [-0.25, -0.2) is 4.90 Å². The van der Waals surface area contributed by atoms with Crippen LogP contribution in [0.5, 0.6) is 5.75 Å². The largest absolute Gasteiger partial charge is 0.495 e. The van der Waals surface area contributed by atoms with Gasteiger partial charge in [0.05, 0.1) is 30.7 Å². The summed E-state index contributed by atoms with van der Waals surface area (Å²) in [5.41, 5.74) is -1.31. The molecule has 2 amide bonds. The minimum absolute atomic E-state index is 0.280. The van der Waals surface area contributed by atoms with E-state index in [1.54, 1.807) is 24.3 Å². The van der Waals surface area contributed by atoms with Gasteiger partial charge in [-0.1, -0.05) is 22.0 Å². The summed E-state index contributed by atoms with van der Waals surface area (Å²) in [6.07, 6.45) is 0.920. The fourth-order valence-corrected chi connectivity index (χ4v) is 4.64. The van der Waals surface area contributed by atoms with Crippen LogP contribution in [0.15, 0.2) is 34.8 Å². The van der Waals surface area contributed by atoms with Crippen LogP contribution < -0.4 is 9.64 Å². The third-order valence-electron chi connectivity index (χ3n) is 5.37. The number of carbonyl (C=O) groups excluding carboxylic acids is 4. The van der Waals surface area contributed by atoms with Gasteiger partial charge in [-0.15, -0.1) is 0 Å². The number of methoxy groups -OCH3 is 1. The van der Waals surface area contributed by atoms with E-state index in [4.69, 9.17) is 18.9 Å². The fourth-order valence-electron chi connectivity index (χ4n) is 4.29. The third-order valence-corrected chi connectivity index (χ3v) is 5.87. The number of ether oxygens (including phenoxy) is 4. The van der Waals surface area contributed by atoms with Crippen LogP contribution in [-0.2, 0) is 33.4 Å². The van der Waals surface area contributed by atoms with Gasteiger partial charge in [-0.05, 0) is 24.3 Å². The Morgan fingerprint density at radius 2 is 1.83 bits per heavy atom. The van der Waals surface area contributed by atoms with Crippen LogP contribution in [0.3, 0.4) is 0 Å². The van der Waals surface area contributed by atoms with Gasteiger partial charge in [0.15, 0.2) is 5.60 Å². The average molecular weight is 480 g/mol. The topological polar surface area (TPSA) is 108 Å². The maximum atomic E-state index is 13.5. The van der Waals surface area contributed by atoms with E-state index >= 15 is 0 Å². The molecule has 0 unspecified atom stereocenters. The molecule has 4 rings (SSSR count). The zero-order chi connectivity index (χ0) is 21.8. The number of esters is 2. The first-order chi connectivity index (χ1) is 14.2. The molecule has 2 fully saturated rings. The molecular weight excluding hydrogens is 462 g/mol. The van der Waals surface area contributed by atoms with Crippen molar-refractivity contribution in [1.29, 1.82) is 0 Å². The highest BCUT2D eigenvalue weighted by Gasteiger charge is 2.72. The number of carbonyl (C=O) groups is 4. The van der Waals surface area contributed by atoms with Crippen molar-refractivity contribution in [1.82, 2.24) is 0 Å². The maximum Gasteiger partial charge on any atom is 0.305 e. The lowest BCUT2D eigenvalue weighted by molar-refractivity contribution is -0.226. The quantitative estimate of drug-likeness (QED) is 0.272. The molecule has 3 aliphatic heterocycles. The van der Waals surface area contributed by atoms with Gasteiger partial charge in [0, 0.05) is 18.3 Å². The number of imide groups is 1. The summed E-state index contributed by atoms with van der Waals surface area (Å²) >= 11 is 3.34. The fraction of sp³-hybridized carbons (Fsp3) is 0.400. The highest BCUT2D eigenvalue weighted by Crippen LogP contribution is 2.55. The Kier molecular flexibility index (Phi) is 4.94. The first-order valence-corrected chi connectivity index (χ1v) is 9.92. The number of hydrogen-bond acceptors (Lipinski definition) is 8. The molecule has 158 valence electrons. The monoisotopic (exact) mass is 479 g/mol. The van der Waals surface area contributed by atoms with Crippen molar-refractivity contribution in [2.45, 2.75) is 31.8 Å². The third kappa shape index (κ3) is 2.93. The normalized spacial score (nSPS) is 28.8. The van der Waals surface area contributed by atoms with Crippen LogP contribution in [0.25, 0.3) is 0 Å². The lowest BCUT2D eigenvalue weighted by atomic mass is 9.76. The lowest BCUT2D eigenvalue weighted by Crippen LogP contribution is -2.52. The maximum absolute atomic E-state index is 13.5. The van der Waals surface area contributed by atoms with Crippen molar-refractivity contribution < 1.29 is 38.1 Å². The smallest absolute Gasteiger partial charge is 0.305 e. The average Bonchev–Trinajstić information content (AvgIpc) is 3.31. The molecule has 4 atom stereocenters. The molecule has 0 N–H and O–H groups in total. The number of hydrogen-bond donors (Lipinski definition) is 0. The minimum atomic E-state index is -1.59. The minimum Gasteiger partial charge on any atom is -0.495 e. The Balaban J connectivity index is 1.78. The predicted molar refractivity (Wildman–Crippen MR) is 104 cm³/mol. The summed E-state index contributed by atoms with van der Waals surface area (Å²) in [7, 11) is 1.44. The van der Waals surface area contributed by atoms with E-state index < -0.39 is 53.6 Å². The van der Waals surface area contributed by atoms with Gasteiger partial charge in [-0.2, -0.15) is 0 Å². The van der Waals surface area contributed by atoms with Crippen LogP contribution in [0.4, 0.5) is 5.69 Å². The number of benzene rings is 1. The summed E-state index contributed by atoms with van der Waals surface area (Å²) in [6, 6.07) is 4.96. The molecular formula is C20H18BrNO8. The van der Waals surface area contributed by atoms with Gasteiger partial charge in [0.2, 0.25) is 11.8 Å². The first-order valence-electron chi connectivity index (χ1n) is 9.12. The number of amides is 2. The van der Waals surface area contributed by atoms with E-state index in [2.05, 4.69) is 15.9 Å². The highest BCUT2D eigenvalue weighted by molar-refractivity contribution is 9.10. The van der Waals surface area contributed by atoms with Crippen LogP contribution in [0.1, 0.15) is 13.8 Å². The number of rotatable bonds is 5. The van der Waals surface area contributed by atoms with E-state index in [-0.39, 0.29) is 5.69 Å². The van der Waals surface area contributed by atoms with Crippen molar-refractivity contribution >= 4 is 45.4 Å². The Hall–Kier alpha value is -2.72. The summed E-state index contributed by atoms with van der Waals surface area (Å²) in [5.74, 6) is -4.01. The standard InChI is InChI=1S/C20H18BrNO8/c1-9(23)28-19(29-10(2)24)20-7-6-14(30-20)15-16(20)18(26)22(17(15)25)12-8-11(21)4-5-13(12)27-3/h4-8,14-16,19H,1-3H3/t14-,15-,16+,20-/m1/s1. The van der Waals surface area contributed by atoms with E-state index in [1.165, 1.54) is 13.2 Å². The predicted octanol–water partition coefficient (Wildman–Crippen LogP) is 1.72. The van der Waals surface area contributed by atoms with Gasteiger partial charge in [0.1, 0.15) is 5.75 Å². The summed E-state index contributed by atoms with van der Waals surface area (Å²) in [5, 5.41) is 0. The molecule has 1 aromatic carbocycles. The van der Waals surface area contributed by atoms with Gasteiger partial charge < -0.3 is 18.9 Å². The van der Waals surface area contributed by atoms with Crippen LogP contribution in [-0.4, -0.2) is 48.9 Å².